The van der Waals surface area contributed by atoms with Crippen LogP contribution in [0.15, 0.2) is 42.5 Å². The van der Waals surface area contributed by atoms with Crippen molar-refractivity contribution < 1.29 is 14.4 Å². The van der Waals surface area contributed by atoms with Crippen LogP contribution in [0.3, 0.4) is 0 Å². The number of hydrogen-bond donors (Lipinski definition) is 1. The number of nitrogens with zero attached hydrogens (tertiary/aromatic N) is 1. The van der Waals surface area contributed by atoms with E-state index in [4.69, 9.17) is 33.3 Å². The summed E-state index contributed by atoms with van der Waals surface area (Å²) in [6.45, 7) is 2.66. The molecule has 24 heavy (non-hydrogen) atoms. The summed E-state index contributed by atoms with van der Waals surface area (Å²) in [5.74, 6) is 0.669. The highest BCUT2D eigenvalue weighted by molar-refractivity contribution is 7.81. The number of rotatable bonds is 7. The number of nitro groups is 1. The van der Waals surface area contributed by atoms with Crippen molar-refractivity contribution in [2.24, 2.45) is 0 Å². The number of benzene rings is 2. The van der Waals surface area contributed by atoms with Crippen LogP contribution in [-0.4, -0.2) is 23.3 Å². The van der Waals surface area contributed by atoms with Crippen molar-refractivity contribution in [1.29, 1.82) is 0 Å². The predicted molar refractivity (Wildman–Crippen MR) is 97.0 cm³/mol. The van der Waals surface area contributed by atoms with E-state index in [-0.39, 0.29) is 17.5 Å². The first kappa shape index (κ1) is 18.1. The third-order valence-corrected chi connectivity index (χ3v) is 3.69. The lowest BCUT2D eigenvalue weighted by Gasteiger charge is -2.10. The Kier molecular flexibility index (Phi) is 6.48. The largest absolute Gasteiger partial charge is 0.468 e. The van der Waals surface area contributed by atoms with Crippen molar-refractivity contribution in [3.63, 3.8) is 0 Å². The molecule has 6 nitrogen and oxygen atoms in total. The summed E-state index contributed by atoms with van der Waals surface area (Å²) in [5.41, 5.74) is 1.07. The number of hydrogen-bond acceptors (Lipinski definition) is 5. The van der Waals surface area contributed by atoms with E-state index in [1.807, 2.05) is 6.92 Å². The van der Waals surface area contributed by atoms with Crippen molar-refractivity contribution in [2.45, 2.75) is 6.92 Å². The molecule has 126 valence electrons. The highest BCUT2D eigenvalue weighted by Crippen LogP contribution is 2.26. The summed E-state index contributed by atoms with van der Waals surface area (Å²) in [4.78, 5) is 10.8. The van der Waals surface area contributed by atoms with Crippen molar-refractivity contribution in [1.82, 2.24) is 0 Å². The van der Waals surface area contributed by atoms with E-state index in [0.717, 1.165) is 5.69 Å². The molecule has 0 radical (unpaired) electrons. The first-order chi connectivity index (χ1) is 11.5. The lowest BCUT2D eigenvalue weighted by atomic mass is 10.2. The fourth-order valence-corrected chi connectivity index (χ4v) is 2.26. The van der Waals surface area contributed by atoms with Gasteiger partial charge in [0.05, 0.1) is 4.92 Å². The summed E-state index contributed by atoms with van der Waals surface area (Å²) >= 11 is 11.1. The Hall–Kier alpha value is -2.22. The first-order valence-corrected chi connectivity index (χ1v) is 7.85. The highest BCUT2D eigenvalue weighted by Gasteiger charge is 2.14. The van der Waals surface area contributed by atoms with Gasteiger partial charge in [0.25, 0.3) is 5.69 Å². The molecule has 0 aliphatic rings. The molecule has 0 fully saturated rings. The molecule has 0 heterocycles. The van der Waals surface area contributed by atoms with Crippen molar-refractivity contribution in [3.05, 3.63) is 63.2 Å². The van der Waals surface area contributed by atoms with Crippen LogP contribution in [0.1, 0.15) is 12.5 Å². The van der Waals surface area contributed by atoms with Gasteiger partial charge >= 0.3 is 0 Å². The molecule has 0 aromatic heterocycles. The molecule has 2 aromatic carbocycles. The topological polar surface area (TPSA) is 73.6 Å². The normalized spacial score (nSPS) is 10.2. The van der Waals surface area contributed by atoms with Crippen LogP contribution in [0.4, 0.5) is 11.4 Å². The molecule has 0 saturated heterocycles. The second-order valence-electron chi connectivity index (χ2n) is 4.66. The van der Waals surface area contributed by atoms with Gasteiger partial charge in [-0.15, -0.1) is 0 Å². The van der Waals surface area contributed by atoms with Gasteiger partial charge in [0.15, 0.2) is 6.79 Å². The number of nitro benzene ring substituents is 1. The summed E-state index contributed by atoms with van der Waals surface area (Å²) in [6.07, 6.45) is 0. The first-order valence-electron chi connectivity index (χ1n) is 7.07. The molecule has 0 amide bonds. The van der Waals surface area contributed by atoms with Gasteiger partial charge in [0, 0.05) is 23.9 Å². The Balaban J connectivity index is 2.04. The minimum absolute atomic E-state index is 0.0716. The SMILES string of the molecule is CCOCOc1ccc(NC(=S)c2ccc(Cl)c([N+](=O)[O-])c2)cc1. The molecule has 0 spiro atoms. The zero-order valence-electron chi connectivity index (χ0n) is 12.8. The molecule has 0 bridgehead atoms. The van der Waals surface area contributed by atoms with E-state index in [1.54, 1.807) is 30.3 Å². The molecule has 1 N–H and O–H groups in total. The Labute approximate surface area is 149 Å². The molecular weight excluding hydrogens is 352 g/mol. The van der Waals surface area contributed by atoms with Crippen molar-refractivity contribution in [2.75, 3.05) is 18.7 Å². The molecule has 2 rings (SSSR count). The van der Waals surface area contributed by atoms with Crippen molar-refractivity contribution in [3.8, 4) is 5.75 Å². The average molecular weight is 367 g/mol. The van der Waals surface area contributed by atoms with Crippen molar-refractivity contribution >= 4 is 40.2 Å². The summed E-state index contributed by atoms with van der Waals surface area (Å²) < 4.78 is 10.5. The van der Waals surface area contributed by atoms with Crippen LogP contribution in [-0.2, 0) is 4.74 Å². The molecular formula is C16H15ClN2O4S. The van der Waals surface area contributed by atoms with E-state index in [0.29, 0.717) is 22.9 Å². The summed E-state index contributed by atoms with van der Waals surface area (Å²) in [5, 5.41) is 14.0. The maximum atomic E-state index is 10.9. The molecule has 0 unspecified atom stereocenters. The minimum Gasteiger partial charge on any atom is -0.468 e. The lowest BCUT2D eigenvalue weighted by Crippen LogP contribution is -2.11. The Morgan fingerprint density at radius 3 is 2.62 bits per heavy atom. The quantitative estimate of drug-likeness (QED) is 0.257. The number of ether oxygens (including phenoxy) is 2. The van der Waals surface area contributed by atoms with Crippen LogP contribution in [0.2, 0.25) is 5.02 Å². The van der Waals surface area contributed by atoms with E-state index >= 15 is 0 Å². The Morgan fingerprint density at radius 2 is 2.00 bits per heavy atom. The van der Waals surface area contributed by atoms with Crippen LogP contribution in [0.5, 0.6) is 5.75 Å². The van der Waals surface area contributed by atoms with Crippen LogP contribution >= 0.6 is 23.8 Å². The van der Waals surface area contributed by atoms with Gasteiger partial charge in [-0.05, 0) is 37.3 Å². The summed E-state index contributed by atoms with van der Waals surface area (Å²) in [6, 6.07) is 11.5. The zero-order chi connectivity index (χ0) is 17.5. The molecule has 0 aliphatic carbocycles. The van der Waals surface area contributed by atoms with Gasteiger partial charge in [0.2, 0.25) is 0 Å². The monoisotopic (exact) mass is 366 g/mol. The van der Waals surface area contributed by atoms with Gasteiger partial charge < -0.3 is 14.8 Å². The molecule has 0 aliphatic heterocycles. The van der Waals surface area contributed by atoms with Crippen LogP contribution in [0, 0.1) is 10.1 Å². The molecule has 0 atom stereocenters. The van der Waals surface area contributed by atoms with Gasteiger partial charge in [-0.2, -0.15) is 0 Å². The molecule has 2 aromatic rings. The van der Waals surface area contributed by atoms with E-state index < -0.39 is 4.92 Å². The molecule has 8 heteroatoms. The number of halogens is 1. The second kappa shape index (κ2) is 8.58. The van der Waals surface area contributed by atoms with Crippen LogP contribution < -0.4 is 10.1 Å². The predicted octanol–water partition coefficient (Wildman–Crippen LogP) is 4.41. The van der Waals surface area contributed by atoms with E-state index in [1.165, 1.54) is 12.1 Å². The third-order valence-electron chi connectivity index (χ3n) is 3.03. The number of anilines is 1. The van der Waals surface area contributed by atoms with Gasteiger partial charge in [-0.3, -0.25) is 10.1 Å². The standard InChI is InChI=1S/C16H15ClN2O4S/c1-2-22-10-23-13-6-4-12(5-7-13)18-16(24)11-3-8-14(17)15(9-11)19(20)21/h3-9H,2,10H2,1H3,(H,18,24). The van der Waals surface area contributed by atoms with Gasteiger partial charge in [0.1, 0.15) is 15.8 Å². The number of thiocarbonyl (C=S) groups is 1. The van der Waals surface area contributed by atoms with Crippen LogP contribution in [0.25, 0.3) is 0 Å². The smallest absolute Gasteiger partial charge is 0.288 e. The highest BCUT2D eigenvalue weighted by atomic mass is 35.5. The van der Waals surface area contributed by atoms with E-state index in [2.05, 4.69) is 5.32 Å². The Morgan fingerprint density at radius 1 is 1.29 bits per heavy atom. The average Bonchev–Trinajstić information content (AvgIpc) is 2.56. The number of nitrogens with one attached hydrogen (secondary N) is 1. The lowest BCUT2D eigenvalue weighted by molar-refractivity contribution is -0.384. The second-order valence-corrected chi connectivity index (χ2v) is 5.47. The molecule has 0 saturated carbocycles. The zero-order valence-corrected chi connectivity index (χ0v) is 14.4. The fourth-order valence-electron chi connectivity index (χ4n) is 1.82. The fraction of sp³-hybridized carbons (Fsp3) is 0.188. The third kappa shape index (κ3) is 4.89. The maximum Gasteiger partial charge on any atom is 0.288 e. The maximum absolute atomic E-state index is 10.9. The summed E-state index contributed by atoms with van der Waals surface area (Å²) in [7, 11) is 0. The van der Waals surface area contributed by atoms with Gasteiger partial charge in [-0.1, -0.05) is 29.9 Å². The van der Waals surface area contributed by atoms with Gasteiger partial charge in [-0.25, -0.2) is 0 Å². The minimum atomic E-state index is -0.543. The van der Waals surface area contributed by atoms with E-state index in [9.17, 15) is 10.1 Å². The Bertz CT molecular complexity index is 737.